The molecular weight excluding hydrogens is 540 g/mol. The molecule has 1 aliphatic carbocycles. The maximum absolute atomic E-state index is 13.2. The number of aryl methyl sites for hydroxylation is 1. The Bertz CT molecular complexity index is 939. The molecule has 0 amide bonds. The van der Waals surface area contributed by atoms with Crippen LogP contribution in [0.4, 0.5) is 10.2 Å². The van der Waals surface area contributed by atoms with Crippen molar-refractivity contribution in [3.8, 4) is 11.8 Å². The third-order valence-electron chi connectivity index (χ3n) is 5.42. The van der Waals surface area contributed by atoms with E-state index >= 15 is 0 Å². The van der Waals surface area contributed by atoms with Gasteiger partial charge in [-0.3, -0.25) is 4.99 Å². The molecule has 1 saturated carbocycles. The number of nitrogens with two attached hydrogens (primary N) is 1. The molecule has 7 nitrogen and oxygen atoms in total. The Hall–Kier alpha value is -2.00. The van der Waals surface area contributed by atoms with E-state index in [1.165, 1.54) is 29.7 Å². The summed E-state index contributed by atoms with van der Waals surface area (Å²) in [6.07, 6.45) is 7.07. The maximum Gasteiger partial charge on any atom is 0.191 e. The van der Waals surface area contributed by atoms with Crippen LogP contribution in [0.25, 0.3) is 5.69 Å². The summed E-state index contributed by atoms with van der Waals surface area (Å²) in [4.78, 5) is 4.69. The largest absolute Gasteiger partial charge is 0.382 e. The van der Waals surface area contributed by atoms with Crippen LogP contribution < -0.4 is 16.4 Å². The van der Waals surface area contributed by atoms with Gasteiger partial charge in [-0.25, -0.2) is 9.07 Å². The smallest absolute Gasteiger partial charge is 0.191 e. The van der Waals surface area contributed by atoms with E-state index in [4.69, 9.17) is 10.7 Å². The van der Waals surface area contributed by atoms with Gasteiger partial charge in [0, 0.05) is 24.4 Å². The van der Waals surface area contributed by atoms with Crippen molar-refractivity contribution in [1.82, 2.24) is 20.4 Å². The first-order valence-electron chi connectivity index (χ1n) is 10.7. The summed E-state index contributed by atoms with van der Waals surface area (Å²) in [6.45, 7) is 3.48. The molecule has 1 fully saturated rings. The average Bonchev–Trinajstić information content (AvgIpc) is 3.35. The van der Waals surface area contributed by atoms with Gasteiger partial charge in [-0.2, -0.15) is 22.1 Å². The number of nitrogen functional groups attached to an aromatic ring is 1. The maximum atomic E-state index is 13.2. The first-order valence-corrected chi connectivity index (χ1v) is 12.0. The molecule has 10 heteroatoms. The van der Waals surface area contributed by atoms with Gasteiger partial charge in [-0.05, 0) is 69.5 Å². The summed E-state index contributed by atoms with van der Waals surface area (Å²) in [5.74, 6) is 0.776. The highest BCUT2D eigenvalue weighted by atomic mass is 127. The molecule has 0 aliphatic heterocycles. The summed E-state index contributed by atoms with van der Waals surface area (Å²) in [7, 11) is 0. The lowest BCUT2D eigenvalue weighted by Gasteiger charge is -2.17. The predicted molar refractivity (Wildman–Crippen MR) is 140 cm³/mol. The second kappa shape index (κ2) is 12.9. The Morgan fingerprint density at radius 1 is 1.38 bits per heavy atom. The molecule has 2 unspecified atom stereocenters. The number of benzene rings is 1. The van der Waals surface area contributed by atoms with Crippen LogP contribution >= 0.6 is 35.7 Å². The predicted octanol–water partition coefficient (Wildman–Crippen LogP) is 3.86. The van der Waals surface area contributed by atoms with Gasteiger partial charge in [0.1, 0.15) is 23.3 Å². The van der Waals surface area contributed by atoms with Crippen LogP contribution in [-0.2, 0) is 6.42 Å². The third kappa shape index (κ3) is 6.75. The molecule has 0 radical (unpaired) electrons. The number of rotatable bonds is 8. The number of aliphatic imine (C=N–C) groups is 1. The molecule has 2 atom stereocenters. The summed E-state index contributed by atoms with van der Waals surface area (Å²) in [5, 5.41) is 21.6. The summed E-state index contributed by atoms with van der Waals surface area (Å²) in [5.41, 5.74) is 7.75. The van der Waals surface area contributed by atoms with Gasteiger partial charge in [-0.15, -0.1) is 24.0 Å². The summed E-state index contributed by atoms with van der Waals surface area (Å²) >= 11 is 1.94. The van der Waals surface area contributed by atoms with Crippen LogP contribution in [0.1, 0.15) is 43.9 Å². The van der Waals surface area contributed by atoms with Gasteiger partial charge >= 0.3 is 0 Å². The zero-order chi connectivity index (χ0) is 22.2. The Labute approximate surface area is 210 Å². The quantitative estimate of drug-likeness (QED) is 0.193. The number of thioether (sulfide) groups is 1. The van der Waals surface area contributed by atoms with Gasteiger partial charge < -0.3 is 16.4 Å². The number of halogens is 2. The minimum Gasteiger partial charge on any atom is -0.382 e. The lowest BCUT2D eigenvalue weighted by atomic mass is 10.1. The molecule has 2 aromatic rings. The van der Waals surface area contributed by atoms with Gasteiger partial charge in [-0.1, -0.05) is 0 Å². The number of anilines is 1. The van der Waals surface area contributed by atoms with E-state index in [0.29, 0.717) is 36.0 Å². The average molecular weight is 572 g/mol. The van der Waals surface area contributed by atoms with Gasteiger partial charge in [0.15, 0.2) is 5.96 Å². The van der Waals surface area contributed by atoms with Crippen LogP contribution in [0, 0.1) is 17.1 Å². The van der Waals surface area contributed by atoms with Crippen LogP contribution in [-0.4, -0.2) is 46.4 Å². The van der Waals surface area contributed by atoms with Gasteiger partial charge in [0.05, 0.1) is 11.4 Å². The van der Waals surface area contributed by atoms with Crippen molar-refractivity contribution in [1.29, 1.82) is 5.26 Å². The fourth-order valence-electron chi connectivity index (χ4n) is 3.79. The lowest BCUT2D eigenvalue weighted by Crippen LogP contribution is -2.42. The second-order valence-electron chi connectivity index (χ2n) is 7.58. The number of nitrogens with zero attached hydrogens (tertiary/aromatic N) is 4. The van der Waals surface area contributed by atoms with Gasteiger partial charge in [0.2, 0.25) is 0 Å². The first kappa shape index (κ1) is 26.3. The number of nitrogens with one attached hydrogen (secondary N) is 2. The highest BCUT2D eigenvalue weighted by Crippen LogP contribution is 2.28. The molecule has 4 N–H and O–H groups in total. The lowest BCUT2D eigenvalue weighted by molar-refractivity contribution is 0.614. The Morgan fingerprint density at radius 3 is 2.75 bits per heavy atom. The molecule has 1 aromatic carbocycles. The van der Waals surface area contributed by atoms with Crippen LogP contribution in [0.3, 0.4) is 0 Å². The standard InChI is InChI=1S/C22H30FN7S.HI/c1-3-26-22(28-16-8-11-18(13-16)31-2)27-12-4-5-20-19(14-24)21(25)30(29-20)17-9-6-15(23)7-10-17;/h6-7,9-10,16,18H,3-5,8,11-13,25H2,1-2H3,(H2,26,27,28);1H. The number of aromatic nitrogens is 2. The number of nitriles is 1. The third-order valence-corrected chi connectivity index (χ3v) is 6.52. The van der Waals surface area contributed by atoms with Crippen molar-refractivity contribution < 1.29 is 4.39 Å². The van der Waals surface area contributed by atoms with E-state index < -0.39 is 0 Å². The summed E-state index contributed by atoms with van der Waals surface area (Å²) < 4.78 is 14.7. The number of hydrogen-bond acceptors (Lipinski definition) is 5. The number of guanidine groups is 1. The Kier molecular flexibility index (Phi) is 10.6. The molecular formula is C22H31FIN7S. The fraction of sp³-hybridized carbons (Fsp3) is 0.500. The Morgan fingerprint density at radius 2 is 2.12 bits per heavy atom. The van der Waals surface area contributed by atoms with Crippen LogP contribution in [0.15, 0.2) is 29.3 Å². The molecule has 0 saturated heterocycles. The topological polar surface area (TPSA) is 104 Å². The minimum absolute atomic E-state index is 0. The van der Waals surface area contributed by atoms with Crippen LogP contribution in [0.5, 0.6) is 0 Å². The molecule has 1 aromatic heterocycles. The van der Waals surface area contributed by atoms with Crippen molar-refractivity contribution in [2.75, 3.05) is 25.1 Å². The highest BCUT2D eigenvalue weighted by Gasteiger charge is 2.24. The molecule has 1 heterocycles. The monoisotopic (exact) mass is 571 g/mol. The molecule has 3 rings (SSSR count). The van der Waals surface area contributed by atoms with Gasteiger partial charge in [0.25, 0.3) is 0 Å². The molecule has 1 aliphatic rings. The SMILES string of the molecule is CCNC(=NCCCc1nn(-c2ccc(F)cc2)c(N)c1C#N)NC1CCC(SC)C1.I. The zero-order valence-corrected chi connectivity index (χ0v) is 21.6. The van der Waals surface area contributed by atoms with E-state index in [1.807, 2.05) is 11.8 Å². The zero-order valence-electron chi connectivity index (χ0n) is 18.5. The van der Waals surface area contributed by atoms with Crippen molar-refractivity contribution in [3.05, 3.63) is 41.3 Å². The molecule has 0 bridgehead atoms. The van der Waals surface area contributed by atoms with Crippen molar-refractivity contribution in [3.63, 3.8) is 0 Å². The first-order chi connectivity index (χ1) is 15.0. The van der Waals surface area contributed by atoms with Crippen molar-refractivity contribution in [2.24, 2.45) is 4.99 Å². The number of hydrogen-bond donors (Lipinski definition) is 3. The van der Waals surface area contributed by atoms with Crippen molar-refractivity contribution in [2.45, 2.75) is 50.3 Å². The second-order valence-corrected chi connectivity index (χ2v) is 8.72. The van der Waals surface area contributed by atoms with E-state index in [-0.39, 0.29) is 35.6 Å². The normalized spacial score (nSPS) is 18.1. The Balaban J connectivity index is 0.00000363. The minimum atomic E-state index is -0.334. The van der Waals surface area contributed by atoms with E-state index in [2.05, 4.69) is 35.0 Å². The van der Waals surface area contributed by atoms with Crippen molar-refractivity contribution >= 4 is 47.5 Å². The molecule has 0 spiro atoms. The van der Waals surface area contributed by atoms with E-state index in [1.54, 1.807) is 12.1 Å². The molecule has 174 valence electrons. The van der Waals surface area contributed by atoms with E-state index in [0.717, 1.165) is 30.6 Å². The fourth-order valence-corrected chi connectivity index (χ4v) is 4.59. The van der Waals surface area contributed by atoms with Crippen LogP contribution in [0.2, 0.25) is 0 Å². The summed E-state index contributed by atoms with van der Waals surface area (Å²) in [6, 6.07) is 8.48. The highest BCUT2D eigenvalue weighted by molar-refractivity contribution is 14.0. The van der Waals surface area contributed by atoms with E-state index in [9.17, 15) is 9.65 Å². The molecule has 32 heavy (non-hydrogen) atoms.